The monoisotopic (exact) mass is 428 g/mol. The van der Waals surface area contributed by atoms with Crippen molar-refractivity contribution < 1.29 is 17.9 Å². The first-order chi connectivity index (χ1) is 10.3. The average molecular weight is 430 g/mol. The maximum absolute atomic E-state index is 12.9. The summed E-state index contributed by atoms with van der Waals surface area (Å²) < 4.78 is 38.4. The summed E-state index contributed by atoms with van der Waals surface area (Å²) >= 11 is 3.33. The predicted octanol–water partition coefficient (Wildman–Crippen LogP) is 2.25. The van der Waals surface area contributed by atoms with Crippen molar-refractivity contribution in [2.45, 2.75) is 18.2 Å². The molecule has 23 heavy (non-hydrogen) atoms. The molecule has 1 aliphatic rings. The van der Waals surface area contributed by atoms with E-state index in [1.54, 1.807) is 6.07 Å². The molecule has 0 radical (unpaired) electrons. The highest BCUT2D eigenvalue weighted by molar-refractivity contribution is 9.10. The van der Waals surface area contributed by atoms with Crippen molar-refractivity contribution in [2.75, 3.05) is 33.9 Å². The van der Waals surface area contributed by atoms with Gasteiger partial charge in [0.1, 0.15) is 16.4 Å². The van der Waals surface area contributed by atoms with E-state index in [-0.39, 0.29) is 28.5 Å². The van der Waals surface area contributed by atoms with Crippen LogP contribution < -0.4 is 15.2 Å². The molecule has 0 amide bonds. The number of nitrogens with two attached hydrogens (primary N) is 1. The van der Waals surface area contributed by atoms with Gasteiger partial charge in [-0.2, -0.15) is 4.31 Å². The molecule has 0 bridgehead atoms. The van der Waals surface area contributed by atoms with E-state index in [4.69, 9.17) is 15.2 Å². The smallest absolute Gasteiger partial charge is 0.246 e. The summed E-state index contributed by atoms with van der Waals surface area (Å²) in [5, 5.41) is 0. The average Bonchev–Trinajstić information content (AvgIpc) is 2.90. The number of hydrogen-bond donors (Lipinski definition) is 1. The molecule has 0 spiro atoms. The summed E-state index contributed by atoms with van der Waals surface area (Å²) in [4.78, 5) is 0.108. The van der Waals surface area contributed by atoms with Gasteiger partial charge in [-0.1, -0.05) is 6.92 Å². The topological polar surface area (TPSA) is 81.9 Å². The van der Waals surface area contributed by atoms with Crippen LogP contribution >= 0.6 is 28.3 Å². The molecule has 0 saturated carbocycles. The van der Waals surface area contributed by atoms with Gasteiger partial charge < -0.3 is 15.2 Å². The molecule has 1 fully saturated rings. The van der Waals surface area contributed by atoms with Gasteiger partial charge in [-0.25, -0.2) is 8.42 Å². The molecular weight excluding hydrogens is 408 g/mol. The molecule has 0 aromatic heterocycles. The Hall–Kier alpha value is -0.540. The maximum atomic E-state index is 12.9. The van der Waals surface area contributed by atoms with Gasteiger partial charge in [-0.05, 0) is 40.4 Å². The first kappa shape index (κ1) is 20.5. The lowest BCUT2D eigenvalue weighted by Crippen LogP contribution is -2.34. The number of nitrogens with zero attached hydrogens (tertiary/aromatic N) is 1. The minimum Gasteiger partial charge on any atom is -0.496 e. The van der Waals surface area contributed by atoms with Crippen molar-refractivity contribution in [3.05, 3.63) is 16.6 Å². The molecule has 1 atom stereocenters. The van der Waals surface area contributed by atoms with Gasteiger partial charge in [0.05, 0.1) is 18.7 Å². The summed E-state index contributed by atoms with van der Waals surface area (Å²) in [5.41, 5.74) is 5.58. The molecule has 1 aliphatic heterocycles. The standard InChI is InChI=1S/C14H21BrN2O4S.ClH/c1-14(8-16)4-5-17(9-14)22(18,19)13-7-11(20-2)10(15)6-12(13)21-3;/h6-7H,4-5,8-9,16H2,1-3H3;1H. The quantitative estimate of drug-likeness (QED) is 0.776. The lowest BCUT2D eigenvalue weighted by molar-refractivity contribution is 0.347. The SMILES string of the molecule is COc1cc(S(=O)(=O)N2CCC(C)(CN)C2)c(OC)cc1Br.Cl. The van der Waals surface area contributed by atoms with Crippen LogP contribution in [0.4, 0.5) is 0 Å². The Morgan fingerprint density at radius 1 is 1.30 bits per heavy atom. The van der Waals surface area contributed by atoms with E-state index in [9.17, 15) is 8.42 Å². The number of hydrogen-bond acceptors (Lipinski definition) is 5. The van der Waals surface area contributed by atoms with Crippen LogP contribution in [0.5, 0.6) is 11.5 Å². The van der Waals surface area contributed by atoms with Gasteiger partial charge in [0.15, 0.2) is 0 Å². The van der Waals surface area contributed by atoms with Gasteiger partial charge in [0.2, 0.25) is 10.0 Å². The van der Waals surface area contributed by atoms with Crippen molar-refractivity contribution in [1.82, 2.24) is 4.31 Å². The molecule has 9 heteroatoms. The minimum atomic E-state index is -3.66. The summed E-state index contributed by atoms with van der Waals surface area (Å²) in [7, 11) is -0.724. The fourth-order valence-corrected chi connectivity index (χ4v) is 4.75. The summed E-state index contributed by atoms with van der Waals surface area (Å²) in [6.45, 7) is 3.33. The van der Waals surface area contributed by atoms with Crippen LogP contribution in [-0.2, 0) is 10.0 Å². The van der Waals surface area contributed by atoms with E-state index in [1.165, 1.54) is 24.6 Å². The normalized spacial score (nSPS) is 21.8. The molecule has 1 heterocycles. The lowest BCUT2D eigenvalue weighted by Gasteiger charge is -2.23. The van der Waals surface area contributed by atoms with Gasteiger partial charge in [0, 0.05) is 19.2 Å². The third kappa shape index (κ3) is 3.93. The third-order valence-corrected chi connectivity index (χ3v) is 6.56. The van der Waals surface area contributed by atoms with E-state index in [0.717, 1.165) is 6.42 Å². The zero-order valence-corrected chi connectivity index (χ0v) is 16.6. The molecule has 1 aromatic rings. The Morgan fingerprint density at radius 3 is 2.39 bits per heavy atom. The Morgan fingerprint density at radius 2 is 1.91 bits per heavy atom. The van der Waals surface area contributed by atoms with Crippen molar-refractivity contribution in [1.29, 1.82) is 0 Å². The fraction of sp³-hybridized carbons (Fsp3) is 0.571. The molecule has 1 unspecified atom stereocenters. The first-order valence-electron chi connectivity index (χ1n) is 6.89. The van der Waals surface area contributed by atoms with Crippen molar-refractivity contribution >= 4 is 38.4 Å². The second kappa shape index (κ2) is 7.57. The van der Waals surface area contributed by atoms with Gasteiger partial charge >= 0.3 is 0 Å². The van der Waals surface area contributed by atoms with E-state index in [2.05, 4.69) is 15.9 Å². The highest BCUT2D eigenvalue weighted by Crippen LogP contribution is 2.39. The number of ether oxygens (including phenoxy) is 2. The number of benzene rings is 1. The highest BCUT2D eigenvalue weighted by atomic mass is 79.9. The molecular formula is C14H22BrClN2O4S. The van der Waals surface area contributed by atoms with Crippen molar-refractivity contribution in [2.24, 2.45) is 11.1 Å². The number of halogens is 2. The molecule has 1 aromatic carbocycles. The fourth-order valence-electron chi connectivity index (χ4n) is 2.52. The van der Waals surface area contributed by atoms with Gasteiger partial charge in [-0.3, -0.25) is 0 Å². The highest BCUT2D eigenvalue weighted by Gasteiger charge is 2.40. The molecule has 2 rings (SSSR count). The van der Waals surface area contributed by atoms with Crippen LogP contribution in [0.1, 0.15) is 13.3 Å². The van der Waals surface area contributed by atoms with E-state index < -0.39 is 10.0 Å². The number of methoxy groups -OCH3 is 2. The zero-order chi connectivity index (χ0) is 16.5. The van der Waals surface area contributed by atoms with Gasteiger partial charge in [0.25, 0.3) is 0 Å². The third-order valence-electron chi connectivity index (χ3n) is 4.07. The summed E-state index contributed by atoms with van der Waals surface area (Å²) in [6.07, 6.45) is 0.749. The summed E-state index contributed by atoms with van der Waals surface area (Å²) in [6, 6.07) is 3.08. The minimum absolute atomic E-state index is 0. The molecule has 1 saturated heterocycles. The van der Waals surface area contributed by atoms with E-state index in [1.807, 2.05) is 6.92 Å². The Balaban J connectivity index is 0.00000264. The maximum Gasteiger partial charge on any atom is 0.246 e. The Kier molecular flexibility index (Phi) is 6.74. The molecule has 132 valence electrons. The molecule has 2 N–H and O–H groups in total. The zero-order valence-electron chi connectivity index (χ0n) is 13.3. The van der Waals surface area contributed by atoms with Crippen molar-refractivity contribution in [3.8, 4) is 11.5 Å². The van der Waals surface area contributed by atoms with E-state index >= 15 is 0 Å². The summed E-state index contributed by atoms with van der Waals surface area (Å²) in [5.74, 6) is 0.731. The second-order valence-electron chi connectivity index (χ2n) is 5.74. The van der Waals surface area contributed by atoms with Gasteiger partial charge in [-0.15, -0.1) is 12.4 Å². The van der Waals surface area contributed by atoms with Crippen LogP contribution in [0.3, 0.4) is 0 Å². The number of rotatable bonds is 5. The van der Waals surface area contributed by atoms with E-state index in [0.29, 0.717) is 29.9 Å². The van der Waals surface area contributed by atoms with Crippen LogP contribution in [0.2, 0.25) is 0 Å². The lowest BCUT2D eigenvalue weighted by atomic mass is 9.90. The van der Waals surface area contributed by atoms with Crippen LogP contribution in [-0.4, -0.2) is 46.6 Å². The van der Waals surface area contributed by atoms with Crippen LogP contribution in [0.15, 0.2) is 21.5 Å². The van der Waals surface area contributed by atoms with Crippen LogP contribution in [0.25, 0.3) is 0 Å². The van der Waals surface area contributed by atoms with Crippen molar-refractivity contribution in [3.63, 3.8) is 0 Å². The molecule has 0 aliphatic carbocycles. The second-order valence-corrected chi connectivity index (χ2v) is 8.50. The number of sulfonamides is 1. The Bertz CT molecular complexity index is 671. The largest absolute Gasteiger partial charge is 0.496 e. The first-order valence-corrected chi connectivity index (χ1v) is 9.12. The molecule has 6 nitrogen and oxygen atoms in total. The predicted molar refractivity (Wildman–Crippen MR) is 95.0 cm³/mol. The van der Waals surface area contributed by atoms with Crippen LogP contribution in [0, 0.1) is 5.41 Å². The Labute approximate surface area is 151 Å².